The van der Waals surface area contributed by atoms with Gasteiger partial charge in [-0.15, -0.1) is 0 Å². The average molecular weight is 346 g/mol. The predicted octanol–water partition coefficient (Wildman–Crippen LogP) is 3.74. The van der Waals surface area contributed by atoms with Gasteiger partial charge in [-0.2, -0.15) is 5.10 Å². The van der Waals surface area contributed by atoms with Crippen molar-refractivity contribution >= 4 is 23.2 Å². The van der Waals surface area contributed by atoms with Crippen LogP contribution in [0.3, 0.4) is 0 Å². The molecule has 1 aromatic heterocycles. The van der Waals surface area contributed by atoms with E-state index in [1.54, 1.807) is 18.5 Å². The molecule has 2 aromatic rings. The van der Waals surface area contributed by atoms with Gasteiger partial charge in [-0.1, -0.05) is 17.7 Å². The van der Waals surface area contributed by atoms with Gasteiger partial charge >= 0.3 is 0 Å². The van der Waals surface area contributed by atoms with Gasteiger partial charge in [0.1, 0.15) is 5.75 Å². The first-order chi connectivity index (χ1) is 11.6. The van der Waals surface area contributed by atoms with Crippen molar-refractivity contribution in [1.82, 2.24) is 10.4 Å². The van der Waals surface area contributed by atoms with Gasteiger partial charge in [0.15, 0.2) is 0 Å². The number of hydrogen-bond acceptors (Lipinski definition) is 4. The van der Waals surface area contributed by atoms with Crippen LogP contribution in [0.5, 0.6) is 5.75 Å². The number of nitrogens with zero attached hydrogens (tertiary/aromatic N) is 2. The minimum Gasteiger partial charge on any atom is -0.493 e. The van der Waals surface area contributed by atoms with Crippen LogP contribution >= 0.6 is 11.6 Å². The lowest BCUT2D eigenvalue weighted by Gasteiger charge is -2.09. The molecule has 0 aliphatic heterocycles. The molecule has 0 spiro atoms. The lowest BCUT2D eigenvalue weighted by Crippen LogP contribution is -2.19. The summed E-state index contributed by atoms with van der Waals surface area (Å²) >= 11 is 5.90. The van der Waals surface area contributed by atoms with Crippen LogP contribution in [0.1, 0.15) is 30.9 Å². The Morgan fingerprint density at radius 1 is 1.38 bits per heavy atom. The van der Waals surface area contributed by atoms with E-state index in [4.69, 9.17) is 16.3 Å². The van der Waals surface area contributed by atoms with E-state index in [9.17, 15) is 4.79 Å². The SMILES string of the molecule is C/C(=N/NC(=O)CCCOc1ccc(Cl)cc1C)c1cccnc1. The van der Waals surface area contributed by atoms with Gasteiger partial charge in [-0.05, 0) is 50.1 Å². The molecule has 1 aromatic carbocycles. The Morgan fingerprint density at radius 2 is 2.21 bits per heavy atom. The van der Waals surface area contributed by atoms with Crippen LogP contribution in [0.2, 0.25) is 5.02 Å². The van der Waals surface area contributed by atoms with Crippen LogP contribution in [0.25, 0.3) is 0 Å². The summed E-state index contributed by atoms with van der Waals surface area (Å²) in [6.07, 6.45) is 4.34. The van der Waals surface area contributed by atoms with Crippen molar-refractivity contribution in [3.05, 3.63) is 58.9 Å². The Hall–Kier alpha value is -2.40. The summed E-state index contributed by atoms with van der Waals surface area (Å²) in [7, 11) is 0. The van der Waals surface area contributed by atoms with E-state index in [0.29, 0.717) is 30.2 Å². The Morgan fingerprint density at radius 3 is 2.92 bits per heavy atom. The molecule has 126 valence electrons. The molecule has 2 rings (SSSR count). The number of aromatic nitrogens is 1. The number of aryl methyl sites for hydroxylation is 1. The lowest BCUT2D eigenvalue weighted by atomic mass is 10.2. The fraction of sp³-hybridized carbons (Fsp3) is 0.278. The topological polar surface area (TPSA) is 63.6 Å². The number of halogens is 1. The Kier molecular flexibility index (Phi) is 6.75. The largest absolute Gasteiger partial charge is 0.493 e. The highest BCUT2D eigenvalue weighted by molar-refractivity contribution is 6.30. The van der Waals surface area contributed by atoms with Crippen LogP contribution < -0.4 is 10.2 Å². The van der Waals surface area contributed by atoms with Crippen molar-refractivity contribution in [2.45, 2.75) is 26.7 Å². The van der Waals surface area contributed by atoms with Crippen LogP contribution in [0.4, 0.5) is 0 Å². The molecule has 1 amide bonds. The molecular formula is C18H20ClN3O2. The van der Waals surface area contributed by atoms with Gasteiger partial charge in [-0.25, -0.2) is 5.43 Å². The number of hydrogen-bond donors (Lipinski definition) is 1. The van der Waals surface area contributed by atoms with Gasteiger partial charge in [0.25, 0.3) is 0 Å². The molecule has 0 bridgehead atoms. The van der Waals surface area contributed by atoms with Gasteiger partial charge < -0.3 is 4.74 Å². The van der Waals surface area contributed by atoms with E-state index in [0.717, 1.165) is 16.9 Å². The summed E-state index contributed by atoms with van der Waals surface area (Å²) in [5.74, 6) is 0.639. The van der Waals surface area contributed by atoms with Gasteiger partial charge in [0.05, 0.1) is 12.3 Å². The first-order valence-electron chi connectivity index (χ1n) is 7.69. The third-order valence-electron chi connectivity index (χ3n) is 3.37. The van der Waals surface area contributed by atoms with E-state index in [1.165, 1.54) is 0 Å². The number of rotatable bonds is 7. The first kappa shape index (κ1) is 17.9. The Bertz CT molecular complexity index is 717. The number of amides is 1. The third kappa shape index (κ3) is 5.66. The number of nitrogens with one attached hydrogen (secondary N) is 1. The fourth-order valence-corrected chi connectivity index (χ4v) is 2.26. The van der Waals surface area contributed by atoms with Crippen molar-refractivity contribution in [3.63, 3.8) is 0 Å². The zero-order valence-electron chi connectivity index (χ0n) is 13.8. The highest BCUT2D eigenvalue weighted by Crippen LogP contribution is 2.21. The van der Waals surface area contributed by atoms with Gasteiger partial charge in [-0.3, -0.25) is 9.78 Å². The maximum atomic E-state index is 11.8. The van der Waals surface area contributed by atoms with Crippen LogP contribution in [-0.4, -0.2) is 23.2 Å². The Labute approximate surface area is 146 Å². The summed E-state index contributed by atoms with van der Waals surface area (Å²) in [6.45, 7) is 4.22. The number of carbonyl (C=O) groups excluding carboxylic acids is 1. The highest BCUT2D eigenvalue weighted by atomic mass is 35.5. The molecule has 0 unspecified atom stereocenters. The standard InChI is InChI=1S/C18H20ClN3O2/c1-13-11-16(19)7-8-17(13)24-10-4-6-18(23)22-21-14(2)15-5-3-9-20-12-15/h3,5,7-9,11-12H,4,6,10H2,1-2H3,(H,22,23)/b21-14-. The van der Waals surface area contributed by atoms with E-state index in [2.05, 4.69) is 15.5 Å². The van der Waals surface area contributed by atoms with E-state index in [-0.39, 0.29) is 5.91 Å². The molecule has 0 aliphatic carbocycles. The Balaban J connectivity index is 1.72. The molecule has 24 heavy (non-hydrogen) atoms. The lowest BCUT2D eigenvalue weighted by molar-refractivity contribution is -0.121. The minimum absolute atomic E-state index is 0.144. The second kappa shape index (κ2) is 9.03. The van der Waals surface area contributed by atoms with E-state index >= 15 is 0 Å². The van der Waals surface area contributed by atoms with Gasteiger partial charge in [0.2, 0.25) is 5.91 Å². The summed E-state index contributed by atoms with van der Waals surface area (Å²) < 4.78 is 5.65. The summed E-state index contributed by atoms with van der Waals surface area (Å²) in [5.41, 5.74) is 5.11. The maximum Gasteiger partial charge on any atom is 0.240 e. The molecule has 1 N–H and O–H groups in total. The minimum atomic E-state index is -0.144. The molecule has 0 atom stereocenters. The monoisotopic (exact) mass is 345 g/mol. The number of benzene rings is 1. The van der Waals surface area contributed by atoms with Crippen molar-refractivity contribution in [3.8, 4) is 5.75 Å². The number of ether oxygens (including phenoxy) is 1. The molecule has 5 nitrogen and oxygen atoms in total. The first-order valence-corrected chi connectivity index (χ1v) is 8.06. The fourth-order valence-electron chi connectivity index (χ4n) is 2.03. The normalized spacial score (nSPS) is 11.2. The van der Waals surface area contributed by atoms with Crippen molar-refractivity contribution < 1.29 is 9.53 Å². The van der Waals surface area contributed by atoms with Crippen molar-refractivity contribution in [2.24, 2.45) is 5.10 Å². The quantitative estimate of drug-likeness (QED) is 0.472. The number of pyridine rings is 1. The van der Waals surface area contributed by atoms with E-state index < -0.39 is 0 Å². The molecule has 0 saturated carbocycles. The van der Waals surface area contributed by atoms with Crippen LogP contribution in [0.15, 0.2) is 47.8 Å². The molecule has 0 fully saturated rings. The smallest absolute Gasteiger partial charge is 0.240 e. The van der Waals surface area contributed by atoms with Gasteiger partial charge in [0, 0.05) is 29.4 Å². The molecular weight excluding hydrogens is 326 g/mol. The maximum absolute atomic E-state index is 11.8. The molecule has 0 aliphatic rings. The average Bonchev–Trinajstić information content (AvgIpc) is 2.59. The second-order valence-corrected chi connectivity index (χ2v) is 5.77. The number of hydrazone groups is 1. The molecule has 1 heterocycles. The zero-order valence-corrected chi connectivity index (χ0v) is 14.5. The molecule has 0 radical (unpaired) electrons. The van der Waals surface area contributed by atoms with E-state index in [1.807, 2.05) is 38.1 Å². The second-order valence-electron chi connectivity index (χ2n) is 5.34. The summed E-state index contributed by atoms with van der Waals surface area (Å²) in [6, 6.07) is 9.18. The van der Waals surface area contributed by atoms with Crippen molar-refractivity contribution in [2.75, 3.05) is 6.61 Å². The third-order valence-corrected chi connectivity index (χ3v) is 3.61. The van der Waals surface area contributed by atoms with Crippen LogP contribution in [-0.2, 0) is 4.79 Å². The van der Waals surface area contributed by atoms with Crippen molar-refractivity contribution in [1.29, 1.82) is 0 Å². The summed E-state index contributed by atoms with van der Waals surface area (Å²) in [5, 5.41) is 4.76. The number of carbonyl (C=O) groups is 1. The molecule has 6 heteroatoms. The highest BCUT2D eigenvalue weighted by Gasteiger charge is 2.04. The summed E-state index contributed by atoms with van der Waals surface area (Å²) in [4.78, 5) is 15.8. The predicted molar refractivity (Wildman–Crippen MR) is 95.5 cm³/mol. The molecule has 0 saturated heterocycles. The zero-order chi connectivity index (χ0) is 17.4. The van der Waals surface area contributed by atoms with Crippen LogP contribution in [0, 0.1) is 6.92 Å².